The summed E-state index contributed by atoms with van der Waals surface area (Å²) in [6, 6.07) is 0. The number of hydrogen-bond acceptors (Lipinski definition) is 3. The van der Waals surface area contributed by atoms with E-state index in [0.29, 0.717) is 0 Å². The Labute approximate surface area is 81.4 Å². The Balaban J connectivity index is 2.66. The molecule has 1 unspecified atom stereocenters. The summed E-state index contributed by atoms with van der Waals surface area (Å²) < 4.78 is 1.19. The highest BCUT2D eigenvalue weighted by Crippen LogP contribution is 2.25. The predicted molar refractivity (Wildman–Crippen MR) is 54.9 cm³/mol. The Morgan fingerprint density at radius 2 is 2.38 bits per heavy atom. The first-order valence-corrected chi connectivity index (χ1v) is 5.29. The Hall–Kier alpha value is -0.960. The second-order valence-corrected chi connectivity index (χ2v) is 4.38. The Bertz CT molecular complexity index is 444. The first-order valence-electron chi connectivity index (χ1n) is 4.41. The molecule has 0 amide bonds. The summed E-state index contributed by atoms with van der Waals surface area (Å²) >= 11 is 1.66. The zero-order chi connectivity index (χ0) is 9.31. The molecule has 2 rings (SSSR count). The molecule has 68 valence electrons. The van der Waals surface area contributed by atoms with Crippen molar-refractivity contribution >= 4 is 17.4 Å². The highest BCUT2D eigenvalue weighted by molar-refractivity contribution is 7.07. The lowest BCUT2D eigenvalue weighted by atomic mass is 9.88. The van der Waals surface area contributed by atoms with Crippen LogP contribution in [0.2, 0.25) is 0 Å². The van der Waals surface area contributed by atoms with E-state index in [1.165, 1.54) is 4.53 Å². The highest BCUT2D eigenvalue weighted by atomic mass is 32.1. The lowest BCUT2D eigenvalue weighted by Gasteiger charge is -2.17. The first kappa shape index (κ1) is 8.63. The molecule has 1 aromatic heterocycles. The van der Waals surface area contributed by atoms with Crippen LogP contribution in [-0.2, 0) is 0 Å². The average molecular weight is 192 g/mol. The number of rotatable bonds is 1. The van der Waals surface area contributed by atoms with E-state index in [-0.39, 0.29) is 5.41 Å². The zero-order valence-electron chi connectivity index (χ0n) is 7.82. The van der Waals surface area contributed by atoms with Crippen molar-refractivity contribution in [2.24, 2.45) is 10.4 Å². The van der Waals surface area contributed by atoms with Gasteiger partial charge >= 0.3 is 0 Å². The van der Waals surface area contributed by atoms with Crippen molar-refractivity contribution in [3.63, 3.8) is 0 Å². The van der Waals surface area contributed by atoms with Gasteiger partial charge in [-0.15, -0.1) is 11.3 Å². The van der Waals surface area contributed by atoms with Crippen molar-refractivity contribution in [2.45, 2.75) is 20.3 Å². The molecule has 0 bridgehead atoms. The van der Waals surface area contributed by atoms with Gasteiger partial charge < -0.3 is 0 Å². The van der Waals surface area contributed by atoms with Crippen LogP contribution >= 0.6 is 11.3 Å². The van der Waals surface area contributed by atoms with Gasteiger partial charge in [-0.2, -0.15) is 0 Å². The predicted octanol–water partition coefficient (Wildman–Crippen LogP) is 1.49. The molecule has 0 aromatic carbocycles. The summed E-state index contributed by atoms with van der Waals surface area (Å²) in [5.41, 5.74) is 2.85. The van der Waals surface area contributed by atoms with E-state index in [1.54, 1.807) is 11.3 Å². The molecule has 0 N–H and O–H groups in total. The van der Waals surface area contributed by atoms with Gasteiger partial charge in [-0.3, -0.25) is 0 Å². The van der Waals surface area contributed by atoms with Crippen LogP contribution in [0.15, 0.2) is 22.8 Å². The van der Waals surface area contributed by atoms with Gasteiger partial charge in [-0.25, -0.2) is 9.98 Å². The van der Waals surface area contributed by atoms with Gasteiger partial charge in [-0.05, 0) is 6.42 Å². The van der Waals surface area contributed by atoms with Gasteiger partial charge in [0, 0.05) is 11.6 Å². The summed E-state index contributed by atoms with van der Waals surface area (Å²) in [5, 5.41) is 0. The maximum atomic E-state index is 4.28. The number of thiazole rings is 1. The topological polar surface area (TPSA) is 25.2 Å². The molecule has 1 aliphatic rings. The second-order valence-electron chi connectivity index (χ2n) is 3.49. The lowest BCUT2D eigenvalue weighted by molar-refractivity contribution is 0.566. The molecular weight excluding hydrogens is 180 g/mol. The third kappa shape index (κ3) is 1.56. The van der Waals surface area contributed by atoms with Crippen LogP contribution in [-0.4, -0.2) is 4.98 Å². The van der Waals surface area contributed by atoms with E-state index >= 15 is 0 Å². The van der Waals surface area contributed by atoms with E-state index in [4.69, 9.17) is 0 Å². The smallest absolute Gasteiger partial charge is 0.169 e. The van der Waals surface area contributed by atoms with Crippen LogP contribution in [0.1, 0.15) is 20.3 Å². The minimum atomic E-state index is 0.140. The molecule has 0 saturated carbocycles. The van der Waals surface area contributed by atoms with Crippen molar-refractivity contribution in [3.8, 4) is 0 Å². The average Bonchev–Trinajstić information content (AvgIpc) is 2.47. The number of aromatic nitrogens is 1. The molecule has 1 aliphatic heterocycles. The van der Waals surface area contributed by atoms with Crippen molar-refractivity contribution < 1.29 is 0 Å². The monoisotopic (exact) mass is 192 g/mol. The normalized spacial score (nSPS) is 25.7. The maximum absolute atomic E-state index is 4.28. The first-order chi connectivity index (χ1) is 6.23. The van der Waals surface area contributed by atoms with Crippen molar-refractivity contribution in [3.05, 3.63) is 27.8 Å². The Morgan fingerprint density at radius 1 is 1.54 bits per heavy atom. The van der Waals surface area contributed by atoms with Crippen LogP contribution in [0.4, 0.5) is 0 Å². The summed E-state index contributed by atoms with van der Waals surface area (Å²) in [7, 11) is 0. The standard InChI is InChI=1S/C10H12N2S/c1-3-10(2)4-5-11-9-8(6-10)13-7-12-9/h4-7H,3H2,1-2H3. The highest BCUT2D eigenvalue weighted by Gasteiger charge is 2.16. The molecule has 2 nitrogen and oxygen atoms in total. The quantitative estimate of drug-likeness (QED) is 0.661. The molecule has 0 saturated heterocycles. The van der Waals surface area contributed by atoms with Crippen molar-refractivity contribution in [1.82, 2.24) is 4.98 Å². The third-order valence-electron chi connectivity index (χ3n) is 2.45. The minimum absolute atomic E-state index is 0.140. The molecule has 0 aliphatic carbocycles. The van der Waals surface area contributed by atoms with Gasteiger partial charge in [0.15, 0.2) is 5.49 Å². The Morgan fingerprint density at radius 3 is 3.15 bits per heavy atom. The fourth-order valence-electron chi connectivity index (χ4n) is 1.29. The van der Waals surface area contributed by atoms with Gasteiger partial charge in [-0.1, -0.05) is 26.0 Å². The molecule has 3 heteroatoms. The number of fused-ring (bicyclic) bond motifs is 1. The molecular formula is C10H12N2S. The van der Waals surface area contributed by atoms with Crippen LogP contribution in [0.3, 0.4) is 0 Å². The maximum Gasteiger partial charge on any atom is 0.169 e. The molecule has 1 aromatic rings. The van der Waals surface area contributed by atoms with Crippen LogP contribution in [0.25, 0.3) is 6.08 Å². The van der Waals surface area contributed by atoms with Gasteiger partial charge in [0.05, 0.1) is 10.0 Å². The van der Waals surface area contributed by atoms with E-state index in [2.05, 4.69) is 36.0 Å². The second kappa shape index (κ2) is 3.07. The molecule has 0 fully saturated rings. The summed E-state index contributed by atoms with van der Waals surface area (Å²) in [6.45, 7) is 4.40. The number of nitrogens with zero attached hydrogens (tertiary/aromatic N) is 2. The van der Waals surface area contributed by atoms with E-state index in [1.807, 2.05) is 11.7 Å². The molecule has 1 atom stereocenters. The summed E-state index contributed by atoms with van der Waals surface area (Å²) in [6.07, 6.45) is 7.36. The van der Waals surface area contributed by atoms with E-state index in [0.717, 1.165) is 11.9 Å². The lowest BCUT2D eigenvalue weighted by Crippen LogP contribution is -2.22. The Kier molecular flexibility index (Phi) is 2.04. The number of allylic oxidation sites excluding steroid dienone is 1. The molecule has 13 heavy (non-hydrogen) atoms. The third-order valence-corrected chi connectivity index (χ3v) is 3.21. The van der Waals surface area contributed by atoms with Crippen LogP contribution < -0.4 is 10.0 Å². The van der Waals surface area contributed by atoms with Crippen LogP contribution in [0.5, 0.6) is 0 Å². The van der Waals surface area contributed by atoms with E-state index in [9.17, 15) is 0 Å². The van der Waals surface area contributed by atoms with Crippen LogP contribution in [0, 0.1) is 5.41 Å². The molecule has 0 radical (unpaired) electrons. The summed E-state index contributed by atoms with van der Waals surface area (Å²) in [5.74, 6) is 0. The van der Waals surface area contributed by atoms with Gasteiger partial charge in [0.1, 0.15) is 0 Å². The summed E-state index contributed by atoms with van der Waals surface area (Å²) in [4.78, 5) is 8.46. The van der Waals surface area contributed by atoms with Crippen molar-refractivity contribution in [2.75, 3.05) is 0 Å². The van der Waals surface area contributed by atoms with E-state index < -0.39 is 0 Å². The fourth-order valence-corrected chi connectivity index (χ4v) is 2.10. The number of hydrogen-bond donors (Lipinski definition) is 0. The zero-order valence-corrected chi connectivity index (χ0v) is 8.64. The largest absolute Gasteiger partial charge is 0.236 e. The fraction of sp³-hybridized carbons (Fsp3) is 0.400. The molecule has 0 spiro atoms. The molecule has 2 heterocycles. The van der Waals surface area contributed by atoms with Crippen molar-refractivity contribution in [1.29, 1.82) is 0 Å². The SMILES string of the molecule is CCC1(C)C=CN=c2ncsc2=C1. The van der Waals surface area contributed by atoms with Gasteiger partial charge in [0.25, 0.3) is 0 Å². The minimum Gasteiger partial charge on any atom is -0.236 e. The van der Waals surface area contributed by atoms with Gasteiger partial charge in [0.2, 0.25) is 0 Å².